The van der Waals surface area contributed by atoms with Crippen molar-refractivity contribution < 1.29 is 27.2 Å². The number of hydrogen-bond acceptors (Lipinski definition) is 2. The van der Waals surface area contributed by atoms with E-state index in [9.17, 15) is 10.2 Å². The number of halogens is 1. The summed E-state index contributed by atoms with van der Waals surface area (Å²) >= 11 is 0. The number of nitrogens with zero attached hydrogens (tertiary/aromatic N) is 1. The molecule has 126 valence electrons. The molecule has 0 aliphatic heterocycles. The van der Waals surface area contributed by atoms with Gasteiger partial charge in [-0.05, 0) is 30.3 Å². The van der Waals surface area contributed by atoms with E-state index in [0.717, 1.165) is 28.0 Å². The van der Waals surface area contributed by atoms with Crippen molar-refractivity contribution in [3.8, 4) is 22.9 Å². The summed E-state index contributed by atoms with van der Waals surface area (Å²) in [6.07, 6.45) is 0. The molecule has 0 amide bonds. The Morgan fingerprint density at radius 2 is 1.40 bits per heavy atom. The van der Waals surface area contributed by atoms with E-state index in [0.29, 0.717) is 6.54 Å². The fourth-order valence-corrected chi connectivity index (χ4v) is 3.00. The van der Waals surface area contributed by atoms with Gasteiger partial charge in [-0.15, -0.1) is 0 Å². The number of benzene rings is 3. The second-order valence-corrected chi connectivity index (χ2v) is 5.72. The Balaban J connectivity index is 0.00000182. The molecule has 3 aromatic carbocycles. The van der Waals surface area contributed by atoms with Crippen LogP contribution in [0.25, 0.3) is 22.4 Å². The van der Waals surface area contributed by atoms with E-state index in [2.05, 4.69) is 9.55 Å². The Hall–Kier alpha value is -2.98. The molecule has 0 bridgehead atoms. The van der Waals surface area contributed by atoms with Crippen LogP contribution in [0, 0.1) is 0 Å². The van der Waals surface area contributed by atoms with E-state index in [-0.39, 0.29) is 23.9 Å². The third-order valence-corrected chi connectivity index (χ3v) is 4.20. The maximum atomic E-state index is 10.3. The monoisotopic (exact) mass is 352 g/mol. The molecule has 0 atom stereocenters. The Morgan fingerprint density at radius 3 is 2.16 bits per heavy atom. The van der Waals surface area contributed by atoms with Crippen molar-refractivity contribution in [2.75, 3.05) is 0 Å². The molecular formula is C20H17ClN2O2. The van der Waals surface area contributed by atoms with Crippen molar-refractivity contribution in [1.29, 1.82) is 0 Å². The third-order valence-electron chi connectivity index (χ3n) is 4.20. The highest BCUT2D eigenvalue weighted by Crippen LogP contribution is 2.28. The number of imidazole rings is 1. The standard InChI is InChI=1S/C20H16N2O2.ClH/c23-18-11-5-1-7-14(18)13-22-17-10-4-3-9-16(17)21-20(22)15-8-2-6-12-19(15)24;/h1-12H,13H2,(H2,21,23,24);1H. The molecular weight excluding hydrogens is 336 g/mol. The number of H-pyrrole nitrogens is 1. The number of hydrogen-bond donors (Lipinski definition) is 3. The first kappa shape index (κ1) is 16.9. The molecule has 0 aliphatic rings. The molecule has 0 saturated heterocycles. The Bertz CT molecular complexity index is 1030. The molecule has 1 aromatic heterocycles. The largest absolute Gasteiger partial charge is 1.00 e. The molecule has 0 radical (unpaired) electrons. The number of aromatic hydroxyl groups is 2. The van der Waals surface area contributed by atoms with Gasteiger partial charge in [0.1, 0.15) is 23.6 Å². The third kappa shape index (κ3) is 3.04. The lowest BCUT2D eigenvalue weighted by Crippen LogP contribution is -3.00. The maximum absolute atomic E-state index is 10.3. The molecule has 0 aliphatic carbocycles. The van der Waals surface area contributed by atoms with Crippen LogP contribution in [0.1, 0.15) is 5.56 Å². The minimum Gasteiger partial charge on any atom is -1.00 e. The van der Waals surface area contributed by atoms with Crippen LogP contribution >= 0.6 is 0 Å². The summed E-state index contributed by atoms with van der Waals surface area (Å²) in [6, 6.07) is 22.5. The van der Waals surface area contributed by atoms with Crippen LogP contribution in [-0.4, -0.2) is 15.2 Å². The fourth-order valence-electron chi connectivity index (χ4n) is 3.00. The van der Waals surface area contributed by atoms with Gasteiger partial charge in [0.25, 0.3) is 5.82 Å². The molecule has 1 heterocycles. The summed E-state index contributed by atoms with van der Waals surface area (Å²) in [7, 11) is 0. The minimum atomic E-state index is 0. The van der Waals surface area contributed by atoms with Crippen LogP contribution in [0.15, 0.2) is 72.8 Å². The molecule has 0 saturated carbocycles. The number of fused-ring (bicyclic) bond motifs is 1. The van der Waals surface area contributed by atoms with E-state index < -0.39 is 0 Å². The van der Waals surface area contributed by atoms with Gasteiger partial charge in [-0.1, -0.05) is 42.5 Å². The van der Waals surface area contributed by atoms with Crippen LogP contribution in [0.4, 0.5) is 0 Å². The van der Waals surface area contributed by atoms with Gasteiger partial charge in [0.15, 0.2) is 11.0 Å². The van der Waals surface area contributed by atoms with E-state index >= 15 is 0 Å². The van der Waals surface area contributed by atoms with Crippen LogP contribution < -0.4 is 17.0 Å². The highest BCUT2D eigenvalue weighted by atomic mass is 35.5. The lowest BCUT2D eigenvalue weighted by atomic mass is 10.1. The molecule has 4 nitrogen and oxygen atoms in total. The van der Waals surface area contributed by atoms with Gasteiger partial charge >= 0.3 is 0 Å². The van der Waals surface area contributed by atoms with Crippen molar-refractivity contribution >= 4 is 11.0 Å². The van der Waals surface area contributed by atoms with Crippen molar-refractivity contribution in [2.45, 2.75) is 6.54 Å². The van der Waals surface area contributed by atoms with Gasteiger partial charge in [0, 0.05) is 5.56 Å². The van der Waals surface area contributed by atoms with E-state index in [1.54, 1.807) is 18.2 Å². The van der Waals surface area contributed by atoms with Crippen LogP contribution in [-0.2, 0) is 6.54 Å². The first-order chi connectivity index (χ1) is 11.7. The number of rotatable bonds is 3. The van der Waals surface area contributed by atoms with Crippen molar-refractivity contribution in [3.63, 3.8) is 0 Å². The van der Waals surface area contributed by atoms with E-state index in [1.165, 1.54) is 0 Å². The zero-order valence-corrected chi connectivity index (χ0v) is 14.1. The summed E-state index contributed by atoms with van der Waals surface area (Å²) in [4.78, 5) is 3.38. The lowest BCUT2D eigenvalue weighted by molar-refractivity contribution is -0.651. The quantitative estimate of drug-likeness (QED) is 0.473. The minimum absolute atomic E-state index is 0. The zero-order chi connectivity index (χ0) is 16.5. The Morgan fingerprint density at radius 1 is 0.760 bits per heavy atom. The first-order valence-electron chi connectivity index (χ1n) is 7.80. The van der Waals surface area contributed by atoms with Crippen LogP contribution in [0.2, 0.25) is 0 Å². The molecule has 25 heavy (non-hydrogen) atoms. The normalized spacial score (nSPS) is 10.6. The predicted molar refractivity (Wildman–Crippen MR) is 92.8 cm³/mol. The summed E-state index contributed by atoms with van der Waals surface area (Å²) < 4.78 is 2.07. The maximum Gasteiger partial charge on any atom is 0.291 e. The molecule has 0 unspecified atom stereocenters. The van der Waals surface area contributed by atoms with Gasteiger partial charge in [-0.2, -0.15) is 0 Å². The molecule has 5 heteroatoms. The van der Waals surface area contributed by atoms with Gasteiger partial charge in [0.2, 0.25) is 0 Å². The molecule has 0 fully saturated rings. The highest BCUT2D eigenvalue weighted by molar-refractivity contribution is 5.76. The first-order valence-corrected chi connectivity index (χ1v) is 7.80. The number of para-hydroxylation sites is 4. The average molecular weight is 353 g/mol. The number of phenolic OH excluding ortho intramolecular Hbond substituents is 2. The summed E-state index contributed by atoms with van der Waals surface area (Å²) in [6.45, 7) is 0.500. The number of aromatic amines is 1. The van der Waals surface area contributed by atoms with Crippen LogP contribution in [0.5, 0.6) is 11.5 Å². The average Bonchev–Trinajstić information content (AvgIpc) is 2.96. The molecule has 3 N–H and O–H groups in total. The smallest absolute Gasteiger partial charge is 0.291 e. The second kappa shape index (κ2) is 6.87. The summed E-state index contributed by atoms with van der Waals surface area (Å²) in [5.74, 6) is 1.28. The Kier molecular flexibility index (Phi) is 4.63. The molecule has 4 aromatic rings. The lowest BCUT2D eigenvalue weighted by Gasteiger charge is -2.06. The van der Waals surface area contributed by atoms with E-state index in [4.69, 9.17) is 0 Å². The topological polar surface area (TPSA) is 60.1 Å². The second-order valence-electron chi connectivity index (χ2n) is 5.72. The zero-order valence-electron chi connectivity index (χ0n) is 13.4. The summed E-state index contributed by atoms with van der Waals surface area (Å²) in [5, 5.41) is 20.4. The molecule has 0 spiro atoms. The number of phenols is 2. The molecule has 4 rings (SSSR count). The number of aromatic nitrogens is 2. The van der Waals surface area contributed by atoms with Gasteiger partial charge in [0.05, 0.1) is 0 Å². The highest BCUT2D eigenvalue weighted by Gasteiger charge is 2.23. The van der Waals surface area contributed by atoms with Gasteiger partial charge in [-0.25, -0.2) is 9.55 Å². The van der Waals surface area contributed by atoms with Gasteiger partial charge in [-0.3, -0.25) is 0 Å². The Labute approximate surface area is 151 Å². The fraction of sp³-hybridized carbons (Fsp3) is 0.0500. The van der Waals surface area contributed by atoms with Crippen LogP contribution in [0.3, 0.4) is 0 Å². The van der Waals surface area contributed by atoms with Crippen molar-refractivity contribution in [2.24, 2.45) is 0 Å². The van der Waals surface area contributed by atoms with Crippen molar-refractivity contribution in [3.05, 3.63) is 78.4 Å². The van der Waals surface area contributed by atoms with Crippen molar-refractivity contribution in [1.82, 2.24) is 4.98 Å². The van der Waals surface area contributed by atoms with Gasteiger partial charge < -0.3 is 22.6 Å². The summed E-state index contributed by atoms with van der Waals surface area (Å²) in [5.41, 5.74) is 3.54. The predicted octanol–water partition coefficient (Wildman–Crippen LogP) is 0.586. The SMILES string of the molecule is Oc1ccccc1C[n+]1c(-c2ccccc2O)[nH]c2ccccc21.[Cl-]. The number of nitrogens with one attached hydrogen (secondary N) is 1. The van der Waals surface area contributed by atoms with E-state index in [1.807, 2.05) is 54.6 Å².